The SMILES string of the molecule is Cc1ccc(NC(=O)c2ccc3c(c2)S(=O)(=O)N(C(C)C)C3=O)c(OCC(F)(F)F)c1. The third-order valence-corrected chi connectivity index (χ3v) is 6.46. The van der Waals surface area contributed by atoms with Gasteiger partial charge in [0.2, 0.25) is 0 Å². The molecular weight excluding hydrogens is 437 g/mol. The number of anilines is 1. The lowest BCUT2D eigenvalue weighted by Crippen LogP contribution is -2.36. The maximum Gasteiger partial charge on any atom is 0.422 e. The molecule has 0 aliphatic carbocycles. The Hall–Kier alpha value is -3.08. The van der Waals surface area contributed by atoms with Crippen molar-refractivity contribution in [1.29, 1.82) is 0 Å². The predicted molar refractivity (Wildman–Crippen MR) is 106 cm³/mol. The van der Waals surface area contributed by atoms with E-state index in [4.69, 9.17) is 4.74 Å². The number of carbonyl (C=O) groups is 2. The average molecular weight is 456 g/mol. The highest BCUT2D eigenvalue weighted by atomic mass is 32.2. The van der Waals surface area contributed by atoms with Gasteiger partial charge in [-0.05, 0) is 56.7 Å². The maximum absolute atomic E-state index is 12.7. The molecule has 2 aromatic carbocycles. The van der Waals surface area contributed by atoms with Gasteiger partial charge in [-0.15, -0.1) is 0 Å². The fourth-order valence-corrected chi connectivity index (χ4v) is 4.90. The zero-order valence-electron chi connectivity index (χ0n) is 16.8. The lowest BCUT2D eigenvalue weighted by molar-refractivity contribution is -0.153. The number of nitrogens with zero attached hydrogens (tertiary/aromatic N) is 1. The van der Waals surface area contributed by atoms with Crippen molar-refractivity contribution in [2.45, 2.75) is 37.9 Å². The zero-order valence-corrected chi connectivity index (χ0v) is 17.6. The van der Waals surface area contributed by atoms with Crippen LogP contribution in [-0.2, 0) is 10.0 Å². The molecule has 166 valence electrons. The van der Waals surface area contributed by atoms with Gasteiger partial charge in [0.15, 0.2) is 6.61 Å². The molecule has 0 radical (unpaired) electrons. The van der Waals surface area contributed by atoms with Crippen molar-refractivity contribution in [2.75, 3.05) is 11.9 Å². The van der Waals surface area contributed by atoms with E-state index in [1.165, 1.54) is 24.3 Å². The molecule has 1 N–H and O–H groups in total. The van der Waals surface area contributed by atoms with Gasteiger partial charge in [0.25, 0.3) is 21.8 Å². The minimum atomic E-state index is -4.56. The Morgan fingerprint density at radius 1 is 1.16 bits per heavy atom. The van der Waals surface area contributed by atoms with Crippen LogP contribution in [-0.4, -0.2) is 43.4 Å². The van der Waals surface area contributed by atoms with Crippen molar-refractivity contribution in [2.24, 2.45) is 0 Å². The third kappa shape index (κ3) is 4.50. The molecule has 0 atom stereocenters. The van der Waals surface area contributed by atoms with E-state index in [9.17, 15) is 31.2 Å². The molecule has 0 unspecified atom stereocenters. The highest BCUT2D eigenvalue weighted by molar-refractivity contribution is 7.90. The second-order valence-corrected chi connectivity index (χ2v) is 9.05. The molecule has 2 aromatic rings. The first-order chi connectivity index (χ1) is 14.3. The first-order valence-electron chi connectivity index (χ1n) is 9.15. The van der Waals surface area contributed by atoms with Crippen LogP contribution in [0, 0.1) is 6.92 Å². The molecule has 7 nitrogen and oxygen atoms in total. The first kappa shape index (κ1) is 22.6. The number of rotatable bonds is 5. The fourth-order valence-electron chi connectivity index (χ4n) is 3.11. The number of hydrogen-bond acceptors (Lipinski definition) is 5. The molecule has 0 saturated heterocycles. The van der Waals surface area contributed by atoms with Crippen molar-refractivity contribution in [3.63, 3.8) is 0 Å². The van der Waals surface area contributed by atoms with Crippen LogP contribution in [0.15, 0.2) is 41.3 Å². The summed E-state index contributed by atoms with van der Waals surface area (Å²) in [4.78, 5) is 24.8. The molecular formula is C20H19F3N2O5S. The van der Waals surface area contributed by atoms with Gasteiger partial charge in [0.1, 0.15) is 10.6 Å². The standard InChI is InChI=1S/C20H19F3N2O5S/c1-11(2)25-19(27)14-6-5-13(9-17(14)31(25,28)29)18(26)24-15-7-4-12(3)8-16(15)30-10-20(21,22)23/h4-9,11H,10H2,1-3H3,(H,24,26). The van der Waals surface area contributed by atoms with Gasteiger partial charge in [-0.3, -0.25) is 9.59 Å². The van der Waals surface area contributed by atoms with Gasteiger partial charge < -0.3 is 10.1 Å². The summed E-state index contributed by atoms with van der Waals surface area (Å²) in [6.07, 6.45) is -4.56. The van der Waals surface area contributed by atoms with Crippen molar-refractivity contribution in [3.8, 4) is 5.75 Å². The summed E-state index contributed by atoms with van der Waals surface area (Å²) in [5.41, 5.74) is 0.479. The number of carbonyl (C=O) groups excluding carboxylic acids is 2. The second kappa shape index (κ2) is 7.88. The molecule has 3 rings (SSSR count). The van der Waals surface area contributed by atoms with Gasteiger partial charge in [-0.1, -0.05) is 6.07 Å². The number of fused-ring (bicyclic) bond motifs is 1. The van der Waals surface area contributed by atoms with Gasteiger partial charge in [0, 0.05) is 11.6 Å². The number of nitrogens with one attached hydrogen (secondary N) is 1. The van der Waals surface area contributed by atoms with E-state index in [1.807, 2.05) is 0 Å². The van der Waals surface area contributed by atoms with E-state index in [2.05, 4.69) is 5.32 Å². The quantitative estimate of drug-likeness (QED) is 0.740. The molecule has 1 aliphatic heterocycles. The molecule has 0 aromatic heterocycles. The summed E-state index contributed by atoms with van der Waals surface area (Å²) < 4.78 is 68.5. The number of sulfonamides is 1. The largest absolute Gasteiger partial charge is 0.482 e. The van der Waals surface area contributed by atoms with E-state index in [0.717, 1.165) is 10.4 Å². The Balaban J connectivity index is 1.90. The molecule has 1 heterocycles. The smallest absolute Gasteiger partial charge is 0.422 e. The van der Waals surface area contributed by atoms with Crippen LogP contribution in [0.3, 0.4) is 0 Å². The Kier molecular flexibility index (Phi) is 5.74. The molecule has 2 amide bonds. The number of amides is 2. The Morgan fingerprint density at radius 3 is 2.45 bits per heavy atom. The number of alkyl halides is 3. The van der Waals surface area contributed by atoms with Crippen LogP contribution in [0.25, 0.3) is 0 Å². The van der Waals surface area contributed by atoms with Crippen molar-refractivity contribution in [1.82, 2.24) is 4.31 Å². The number of hydrogen-bond donors (Lipinski definition) is 1. The predicted octanol–water partition coefficient (Wildman–Crippen LogP) is 3.74. The number of benzene rings is 2. The average Bonchev–Trinajstić information content (AvgIpc) is 2.86. The van der Waals surface area contributed by atoms with Crippen molar-refractivity contribution in [3.05, 3.63) is 53.1 Å². The molecule has 1 aliphatic rings. The molecule has 0 fully saturated rings. The van der Waals surface area contributed by atoms with Gasteiger partial charge in [-0.25, -0.2) is 12.7 Å². The second-order valence-electron chi connectivity index (χ2n) is 7.27. The van der Waals surface area contributed by atoms with Crippen LogP contribution in [0.1, 0.15) is 40.1 Å². The fraction of sp³-hybridized carbons (Fsp3) is 0.300. The summed E-state index contributed by atoms with van der Waals surface area (Å²) >= 11 is 0. The highest BCUT2D eigenvalue weighted by Crippen LogP contribution is 2.33. The number of halogens is 3. The zero-order chi connectivity index (χ0) is 23.1. The molecule has 0 bridgehead atoms. The lowest BCUT2D eigenvalue weighted by atomic mass is 10.1. The lowest BCUT2D eigenvalue weighted by Gasteiger charge is -2.18. The van der Waals surface area contributed by atoms with E-state index >= 15 is 0 Å². The minimum absolute atomic E-state index is 0.0110. The summed E-state index contributed by atoms with van der Waals surface area (Å²) in [5.74, 6) is -1.63. The highest BCUT2D eigenvalue weighted by Gasteiger charge is 2.43. The topological polar surface area (TPSA) is 92.8 Å². The summed E-state index contributed by atoms with van der Waals surface area (Å²) in [5, 5.41) is 2.43. The van der Waals surface area contributed by atoms with Gasteiger partial charge in [-0.2, -0.15) is 13.2 Å². The van der Waals surface area contributed by atoms with Crippen LogP contribution < -0.4 is 10.1 Å². The molecule has 31 heavy (non-hydrogen) atoms. The van der Waals surface area contributed by atoms with Gasteiger partial charge >= 0.3 is 6.18 Å². The number of aryl methyl sites for hydroxylation is 1. The summed E-state index contributed by atoms with van der Waals surface area (Å²) in [6, 6.07) is 7.27. The third-order valence-electron chi connectivity index (χ3n) is 4.46. The van der Waals surface area contributed by atoms with Gasteiger partial charge in [0.05, 0.1) is 11.3 Å². The minimum Gasteiger partial charge on any atom is -0.482 e. The molecule has 0 spiro atoms. The van der Waals surface area contributed by atoms with Crippen LogP contribution in [0.2, 0.25) is 0 Å². The van der Waals surface area contributed by atoms with E-state index in [1.54, 1.807) is 26.8 Å². The molecule has 0 saturated carbocycles. The normalized spacial score (nSPS) is 15.2. The Bertz CT molecular complexity index is 1160. The van der Waals surface area contributed by atoms with E-state index < -0.39 is 40.7 Å². The number of ether oxygens (including phenoxy) is 1. The summed E-state index contributed by atoms with van der Waals surface area (Å²) in [6.45, 7) is 3.21. The maximum atomic E-state index is 12.7. The first-order valence-corrected chi connectivity index (χ1v) is 10.6. The van der Waals surface area contributed by atoms with Crippen molar-refractivity contribution >= 4 is 27.5 Å². The van der Waals surface area contributed by atoms with E-state index in [0.29, 0.717) is 5.56 Å². The molecule has 11 heteroatoms. The van der Waals surface area contributed by atoms with Crippen LogP contribution in [0.4, 0.5) is 18.9 Å². The monoisotopic (exact) mass is 456 g/mol. The van der Waals surface area contributed by atoms with Crippen LogP contribution in [0.5, 0.6) is 5.75 Å². The summed E-state index contributed by atoms with van der Waals surface area (Å²) in [7, 11) is -4.11. The van der Waals surface area contributed by atoms with E-state index in [-0.39, 0.29) is 27.5 Å². The van der Waals surface area contributed by atoms with Crippen LogP contribution >= 0.6 is 0 Å². The van der Waals surface area contributed by atoms with Crippen molar-refractivity contribution < 1.29 is 35.9 Å². The Morgan fingerprint density at radius 2 is 1.84 bits per heavy atom. The Labute approximate surface area is 176 Å².